The number of ether oxygens (including phenoxy) is 2. The van der Waals surface area contributed by atoms with Crippen molar-refractivity contribution in [2.45, 2.75) is 50.5 Å². The highest BCUT2D eigenvalue weighted by atomic mass is 19.1. The number of carbonyl (C=O) groups excluding carboxylic acids is 3. The maximum Gasteiger partial charge on any atom is 0.256 e. The van der Waals surface area contributed by atoms with Gasteiger partial charge in [0.2, 0.25) is 5.91 Å². The molecular formula is C28H32FN3O5. The second-order valence-electron chi connectivity index (χ2n) is 9.97. The van der Waals surface area contributed by atoms with E-state index in [0.717, 1.165) is 18.4 Å². The topological polar surface area (TPSA) is 88.2 Å². The second kappa shape index (κ2) is 10.6. The van der Waals surface area contributed by atoms with Gasteiger partial charge in [0.05, 0.1) is 18.3 Å². The highest BCUT2D eigenvalue weighted by Gasteiger charge is 2.54. The number of likely N-dealkylation sites (tertiary alicyclic amines) is 1. The van der Waals surface area contributed by atoms with Crippen molar-refractivity contribution >= 4 is 17.7 Å². The van der Waals surface area contributed by atoms with Crippen LogP contribution < -0.4 is 5.32 Å². The number of carbonyl (C=O) groups is 3. The maximum atomic E-state index is 14.2. The average Bonchev–Trinajstić information content (AvgIpc) is 3.56. The summed E-state index contributed by atoms with van der Waals surface area (Å²) in [6, 6.07) is 12.3. The van der Waals surface area contributed by atoms with Crippen LogP contribution in [0.5, 0.6) is 0 Å². The first-order chi connectivity index (χ1) is 17.9. The number of aryl methyl sites for hydroxylation is 1. The van der Waals surface area contributed by atoms with E-state index < -0.39 is 23.5 Å². The summed E-state index contributed by atoms with van der Waals surface area (Å²) in [5, 5.41) is 2.94. The molecule has 0 bridgehead atoms. The summed E-state index contributed by atoms with van der Waals surface area (Å²) in [6.45, 7) is 3.63. The number of nitrogens with zero attached hydrogens (tertiary/aromatic N) is 2. The summed E-state index contributed by atoms with van der Waals surface area (Å²) in [5.41, 5.74) is 0.483. The van der Waals surface area contributed by atoms with Crippen molar-refractivity contribution in [3.63, 3.8) is 0 Å². The minimum absolute atomic E-state index is 0.0183. The van der Waals surface area contributed by atoms with Gasteiger partial charge in [0, 0.05) is 44.6 Å². The van der Waals surface area contributed by atoms with Gasteiger partial charge in [0.25, 0.3) is 11.8 Å². The summed E-state index contributed by atoms with van der Waals surface area (Å²) in [7, 11) is 0. The fourth-order valence-electron chi connectivity index (χ4n) is 5.40. The van der Waals surface area contributed by atoms with E-state index in [1.807, 2.05) is 19.1 Å². The minimum Gasteiger partial charge on any atom is -0.376 e. The second-order valence-corrected chi connectivity index (χ2v) is 9.97. The Bertz CT molecular complexity index is 1160. The van der Waals surface area contributed by atoms with E-state index in [1.54, 1.807) is 34.1 Å². The zero-order valence-electron chi connectivity index (χ0n) is 21.0. The monoisotopic (exact) mass is 509 g/mol. The van der Waals surface area contributed by atoms with Gasteiger partial charge in [0.1, 0.15) is 17.6 Å². The molecule has 0 aromatic heterocycles. The molecule has 5 rings (SSSR count). The number of piperidine rings is 1. The largest absolute Gasteiger partial charge is 0.376 e. The van der Waals surface area contributed by atoms with Gasteiger partial charge in [-0.15, -0.1) is 0 Å². The molecule has 3 aliphatic heterocycles. The number of halogens is 1. The molecule has 0 saturated carbocycles. The number of benzene rings is 2. The van der Waals surface area contributed by atoms with Gasteiger partial charge in [-0.3, -0.25) is 19.3 Å². The summed E-state index contributed by atoms with van der Waals surface area (Å²) in [5.74, 6) is -1.53. The zero-order valence-corrected chi connectivity index (χ0v) is 21.0. The molecule has 8 nitrogen and oxygen atoms in total. The Hall–Kier alpha value is -3.30. The van der Waals surface area contributed by atoms with Crippen molar-refractivity contribution in [1.29, 1.82) is 0 Å². The minimum atomic E-state index is -1.03. The highest BCUT2D eigenvalue weighted by molar-refractivity contribution is 5.98. The molecule has 1 spiro atoms. The molecule has 196 valence electrons. The lowest BCUT2D eigenvalue weighted by molar-refractivity contribution is -0.128. The number of rotatable bonds is 5. The Balaban J connectivity index is 1.35. The predicted molar refractivity (Wildman–Crippen MR) is 133 cm³/mol. The molecule has 0 unspecified atom stereocenters. The Morgan fingerprint density at radius 2 is 1.78 bits per heavy atom. The molecule has 9 heteroatoms. The number of amides is 3. The van der Waals surface area contributed by atoms with E-state index in [0.29, 0.717) is 31.6 Å². The van der Waals surface area contributed by atoms with Crippen molar-refractivity contribution in [3.05, 3.63) is 71.0 Å². The third-order valence-corrected chi connectivity index (χ3v) is 7.54. The molecule has 3 saturated heterocycles. The van der Waals surface area contributed by atoms with Crippen molar-refractivity contribution in [2.24, 2.45) is 0 Å². The van der Waals surface area contributed by atoms with Crippen LogP contribution in [0.25, 0.3) is 0 Å². The van der Waals surface area contributed by atoms with Gasteiger partial charge in [0.15, 0.2) is 0 Å². The zero-order chi connectivity index (χ0) is 26.0. The molecule has 3 amide bonds. The molecule has 3 aliphatic rings. The third kappa shape index (κ3) is 5.10. The van der Waals surface area contributed by atoms with Crippen LogP contribution in [0.1, 0.15) is 52.0 Å². The molecule has 1 N–H and O–H groups in total. The Morgan fingerprint density at radius 3 is 2.46 bits per heavy atom. The van der Waals surface area contributed by atoms with Crippen molar-refractivity contribution < 1.29 is 28.2 Å². The summed E-state index contributed by atoms with van der Waals surface area (Å²) in [6.07, 6.45) is 2.48. The summed E-state index contributed by atoms with van der Waals surface area (Å²) < 4.78 is 26.1. The molecule has 37 heavy (non-hydrogen) atoms. The Labute approximate surface area is 215 Å². The van der Waals surface area contributed by atoms with Crippen molar-refractivity contribution in [1.82, 2.24) is 15.1 Å². The highest BCUT2D eigenvalue weighted by Crippen LogP contribution is 2.39. The average molecular weight is 510 g/mol. The SMILES string of the molecule is Cc1ccc(C(=O)N2[C@@H](C(=O)NC[C@@H]3CCCO3)COC23CCN(C(=O)c2ccccc2F)CC3)cc1. The van der Waals surface area contributed by atoms with Crippen LogP contribution in [0.4, 0.5) is 4.39 Å². The Morgan fingerprint density at radius 1 is 1.05 bits per heavy atom. The summed E-state index contributed by atoms with van der Waals surface area (Å²) >= 11 is 0. The molecule has 2 aromatic carbocycles. The number of nitrogens with one attached hydrogen (secondary N) is 1. The lowest BCUT2D eigenvalue weighted by Gasteiger charge is -2.44. The normalized spacial score (nSPS) is 22.9. The number of hydrogen-bond donors (Lipinski definition) is 1. The molecule has 2 aromatic rings. The lowest BCUT2D eigenvalue weighted by atomic mass is 9.96. The van der Waals surface area contributed by atoms with Crippen molar-refractivity contribution in [3.8, 4) is 0 Å². The van der Waals surface area contributed by atoms with E-state index in [9.17, 15) is 18.8 Å². The van der Waals surface area contributed by atoms with Crippen LogP contribution in [0.2, 0.25) is 0 Å². The number of hydrogen-bond acceptors (Lipinski definition) is 5. The van der Waals surface area contributed by atoms with Crippen LogP contribution in [0.15, 0.2) is 48.5 Å². The van der Waals surface area contributed by atoms with Gasteiger partial charge in [-0.05, 0) is 44.0 Å². The molecular weight excluding hydrogens is 477 g/mol. The molecule has 0 aliphatic carbocycles. The van der Waals surface area contributed by atoms with Gasteiger partial charge in [-0.1, -0.05) is 29.8 Å². The first kappa shape index (κ1) is 25.4. The third-order valence-electron chi connectivity index (χ3n) is 7.54. The summed E-state index contributed by atoms with van der Waals surface area (Å²) in [4.78, 5) is 43.2. The van der Waals surface area contributed by atoms with Crippen LogP contribution >= 0.6 is 0 Å². The van der Waals surface area contributed by atoms with Crippen LogP contribution in [-0.2, 0) is 14.3 Å². The van der Waals surface area contributed by atoms with E-state index in [4.69, 9.17) is 9.47 Å². The fraction of sp³-hybridized carbons (Fsp3) is 0.464. The van der Waals surface area contributed by atoms with Gasteiger partial charge < -0.3 is 19.7 Å². The lowest BCUT2D eigenvalue weighted by Crippen LogP contribution is -2.60. The van der Waals surface area contributed by atoms with Crippen molar-refractivity contribution in [2.75, 3.05) is 32.8 Å². The molecule has 3 heterocycles. The van der Waals surface area contributed by atoms with Gasteiger partial charge >= 0.3 is 0 Å². The van der Waals surface area contributed by atoms with E-state index in [-0.39, 0.29) is 43.2 Å². The standard InChI is InChI=1S/C28H32FN3O5/c1-19-8-10-20(11-9-19)26(34)32-24(25(33)30-17-21-5-4-16-36-21)18-37-28(32)12-14-31(15-13-28)27(35)22-6-2-3-7-23(22)29/h2-3,6-11,21,24H,4-5,12-18H2,1H3,(H,30,33)/t21-,24+/m0/s1. The van der Waals surface area contributed by atoms with Gasteiger partial charge in [-0.25, -0.2) is 4.39 Å². The van der Waals surface area contributed by atoms with E-state index in [1.165, 1.54) is 12.1 Å². The van der Waals surface area contributed by atoms with E-state index >= 15 is 0 Å². The smallest absolute Gasteiger partial charge is 0.256 e. The first-order valence-corrected chi connectivity index (χ1v) is 12.9. The molecule has 2 atom stereocenters. The van der Waals surface area contributed by atoms with Crippen LogP contribution in [0.3, 0.4) is 0 Å². The van der Waals surface area contributed by atoms with E-state index in [2.05, 4.69) is 5.32 Å². The first-order valence-electron chi connectivity index (χ1n) is 12.9. The molecule has 0 radical (unpaired) electrons. The Kier molecular flexibility index (Phi) is 7.26. The molecule has 3 fully saturated rings. The predicted octanol–water partition coefficient (Wildman–Crippen LogP) is 2.90. The quantitative estimate of drug-likeness (QED) is 0.670. The fourth-order valence-corrected chi connectivity index (χ4v) is 5.40. The van der Waals surface area contributed by atoms with Crippen LogP contribution in [-0.4, -0.2) is 78.2 Å². The van der Waals surface area contributed by atoms with Crippen LogP contribution in [0, 0.1) is 12.7 Å². The van der Waals surface area contributed by atoms with Gasteiger partial charge in [-0.2, -0.15) is 0 Å². The maximum absolute atomic E-state index is 14.2.